The molecule has 0 atom stereocenters. The summed E-state index contributed by atoms with van der Waals surface area (Å²) < 4.78 is 4.15. The van der Waals surface area contributed by atoms with Gasteiger partial charge < -0.3 is 5.32 Å². The molecule has 84 valence electrons. The van der Waals surface area contributed by atoms with E-state index in [1.54, 1.807) is 10.4 Å². The van der Waals surface area contributed by atoms with E-state index < -0.39 is 0 Å². The Morgan fingerprint density at radius 3 is 3.12 bits per heavy atom. The van der Waals surface area contributed by atoms with Crippen molar-refractivity contribution in [1.82, 2.24) is 9.36 Å². The first kappa shape index (κ1) is 10.2. The number of aromatic nitrogens is 2. The first-order chi connectivity index (χ1) is 7.81. The lowest BCUT2D eigenvalue weighted by molar-refractivity contribution is 0.913. The summed E-state index contributed by atoms with van der Waals surface area (Å²) in [4.78, 5) is 7.29. The van der Waals surface area contributed by atoms with Gasteiger partial charge in [0.25, 0.3) is 0 Å². The number of fused-ring (bicyclic) bond motifs is 1. The Morgan fingerprint density at radius 1 is 1.44 bits per heavy atom. The number of thiophene rings is 1. The lowest BCUT2D eigenvalue weighted by Gasteiger charge is -1.98. The lowest BCUT2D eigenvalue weighted by Crippen LogP contribution is -1.96. The Balaban J connectivity index is 1.66. The van der Waals surface area contributed by atoms with E-state index in [2.05, 4.69) is 20.7 Å². The second-order valence-electron chi connectivity index (χ2n) is 4.01. The Kier molecular flexibility index (Phi) is 2.65. The van der Waals surface area contributed by atoms with Crippen LogP contribution < -0.4 is 5.32 Å². The molecule has 0 spiro atoms. The number of rotatable bonds is 3. The van der Waals surface area contributed by atoms with Crippen LogP contribution in [0.2, 0.25) is 0 Å². The number of nitrogens with one attached hydrogen (secondary N) is 1. The van der Waals surface area contributed by atoms with Crippen LogP contribution in [-0.4, -0.2) is 9.36 Å². The second kappa shape index (κ2) is 4.14. The number of hydrogen-bond donors (Lipinski definition) is 1. The lowest BCUT2D eigenvalue weighted by atomic mass is 10.2. The van der Waals surface area contributed by atoms with Crippen LogP contribution >= 0.6 is 22.9 Å². The van der Waals surface area contributed by atoms with Gasteiger partial charge in [0.05, 0.1) is 6.54 Å². The zero-order chi connectivity index (χ0) is 11.0. The molecule has 0 aliphatic heterocycles. The Bertz CT molecular complexity index is 480. The van der Waals surface area contributed by atoms with Gasteiger partial charge >= 0.3 is 0 Å². The zero-order valence-corrected chi connectivity index (χ0v) is 10.7. The quantitative estimate of drug-likeness (QED) is 0.911. The van der Waals surface area contributed by atoms with Crippen LogP contribution in [0.1, 0.15) is 27.6 Å². The summed E-state index contributed by atoms with van der Waals surface area (Å²) in [6.07, 6.45) is 3.88. The maximum atomic E-state index is 4.29. The average molecular weight is 251 g/mol. The smallest absolute Gasteiger partial charge is 0.202 e. The highest BCUT2D eigenvalue weighted by Crippen LogP contribution is 2.30. The van der Waals surface area contributed by atoms with Gasteiger partial charge in [-0.15, -0.1) is 11.3 Å². The predicted molar refractivity (Wildman–Crippen MR) is 68.3 cm³/mol. The van der Waals surface area contributed by atoms with Crippen LogP contribution in [0.5, 0.6) is 0 Å². The normalized spacial score (nSPS) is 14.1. The largest absolute Gasteiger partial charge is 0.355 e. The van der Waals surface area contributed by atoms with Gasteiger partial charge in [-0.05, 0) is 37.8 Å². The van der Waals surface area contributed by atoms with Crippen molar-refractivity contribution in [2.24, 2.45) is 0 Å². The molecule has 5 heteroatoms. The molecule has 1 aliphatic carbocycles. The molecule has 0 saturated carbocycles. The van der Waals surface area contributed by atoms with Gasteiger partial charge in [0, 0.05) is 21.3 Å². The maximum absolute atomic E-state index is 4.29. The van der Waals surface area contributed by atoms with Crippen LogP contribution in [0, 0.1) is 6.92 Å². The first-order valence-corrected chi connectivity index (χ1v) is 7.05. The molecule has 0 saturated heterocycles. The highest BCUT2D eigenvalue weighted by molar-refractivity contribution is 7.12. The van der Waals surface area contributed by atoms with E-state index in [0.717, 1.165) is 17.5 Å². The van der Waals surface area contributed by atoms with Crippen molar-refractivity contribution in [3.63, 3.8) is 0 Å². The first-order valence-electron chi connectivity index (χ1n) is 5.46. The van der Waals surface area contributed by atoms with E-state index in [1.807, 2.05) is 18.3 Å². The van der Waals surface area contributed by atoms with E-state index in [4.69, 9.17) is 0 Å². The van der Waals surface area contributed by atoms with E-state index in [1.165, 1.54) is 35.7 Å². The molecule has 3 rings (SSSR count). The number of anilines is 1. The third kappa shape index (κ3) is 1.97. The fraction of sp³-hybridized carbons (Fsp3) is 0.455. The van der Waals surface area contributed by atoms with Gasteiger partial charge in [0.2, 0.25) is 5.13 Å². The van der Waals surface area contributed by atoms with Crippen molar-refractivity contribution < 1.29 is 0 Å². The molecule has 2 aromatic heterocycles. The molecule has 2 aromatic rings. The van der Waals surface area contributed by atoms with E-state index >= 15 is 0 Å². The van der Waals surface area contributed by atoms with Gasteiger partial charge in [0.15, 0.2) is 0 Å². The van der Waals surface area contributed by atoms with E-state index in [0.29, 0.717) is 0 Å². The monoisotopic (exact) mass is 251 g/mol. The Morgan fingerprint density at radius 2 is 2.38 bits per heavy atom. The van der Waals surface area contributed by atoms with Crippen molar-refractivity contribution in [2.45, 2.75) is 32.7 Å². The SMILES string of the molecule is Cc1nsc(NCc2cc3c(s2)CCC3)n1. The average Bonchev–Trinajstić information content (AvgIpc) is 2.89. The minimum atomic E-state index is 0.848. The number of nitrogens with zero attached hydrogens (tertiary/aromatic N) is 2. The molecular formula is C11H13N3S2. The molecule has 16 heavy (non-hydrogen) atoms. The standard InChI is InChI=1S/C11H13N3S2/c1-7-13-11(16-14-7)12-6-9-5-8-3-2-4-10(8)15-9/h5H,2-4,6H2,1H3,(H,12,13,14). The summed E-state index contributed by atoms with van der Waals surface area (Å²) in [7, 11) is 0. The van der Waals surface area contributed by atoms with Crippen LogP contribution in [0.25, 0.3) is 0 Å². The number of aryl methyl sites for hydroxylation is 3. The third-order valence-electron chi connectivity index (χ3n) is 2.74. The summed E-state index contributed by atoms with van der Waals surface area (Å²) in [5.74, 6) is 0.848. The summed E-state index contributed by atoms with van der Waals surface area (Å²) in [5, 5.41) is 4.25. The fourth-order valence-corrected chi connectivity index (χ4v) is 3.78. The predicted octanol–water partition coefficient (Wildman–Crippen LogP) is 3.01. The third-order valence-corrected chi connectivity index (χ3v) is 4.74. The summed E-state index contributed by atoms with van der Waals surface area (Å²) in [6, 6.07) is 2.34. The summed E-state index contributed by atoms with van der Waals surface area (Å²) >= 11 is 3.37. The number of hydrogen-bond acceptors (Lipinski definition) is 5. The van der Waals surface area contributed by atoms with Crippen molar-refractivity contribution in [1.29, 1.82) is 0 Å². The van der Waals surface area contributed by atoms with Crippen molar-refractivity contribution in [2.75, 3.05) is 5.32 Å². The van der Waals surface area contributed by atoms with E-state index in [9.17, 15) is 0 Å². The van der Waals surface area contributed by atoms with Gasteiger partial charge in [-0.2, -0.15) is 4.37 Å². The molecule has 0 radical (unpaired) electrons. The van der Waals surface area contributed by atoms with Crippen molar-refractivity contribution in [3.05, 3.63) is 27.2 Å². The molecule has 2 heterocycles. The topological polar surface area (TPSA) is 37.8 Å². The molecule has 0 fully saturated rings. The van der Waals surface area contributed by atoms with Crippen molar-refractivity contribution >= 4 is 28.0 Å². The minimum absolute atomic E-state index is 0.848. The summed E-state index contributed by atoms with van der Waals surface area (Å²) in [5.41, 5.74) is 1.57. The Labute approximate surface area is 103 Å². The van der Waals surface area contributed by atoms with Gasteiger partial charge in [-0.1, -0.05) is 0 Å². The maximum Gasteiger partial charge on any atom is 0.202 e. The molecule has 0 amide bonds. The molecular weight excluding hydrogens is 238 g/mol. The van der Waals surface area contributed by atoms with E-state index in [-0.39, 0.29) is 0 Å². The minimum Gasteiger partial charge on any atom is -0.355 e. The highest BCUT2D eigenvalue weighted by atomic mass is 32.1. The fourth-order valence-electron chi connectivity index (χ4n) is 2.01. The van der Waals surface area contributed by atoms with Gasteiger partial charge in [-0.25, -0.2) is 4.98 Å². The highest BCUT2D eigenvalue weighted by Gasteiger charge is 2.14. The molecule has 1 aliphatic rings. The second-order valence-corrected chi connectivity index (χ2v) is 5.99. The Hall–Kier alpha value is -0.940. The van der Waals surface area contributed by atoms with Crippen LogP contribution in [0.3, 0.4) is 0 Å². The van der Waals surface area contributed by atoms with Gasteiger partial charge in [0.1, 0.15) is 5.82 Å². The zero-order valence-electron chi connectivity index (χ0n) is 9.12. The van der Waals surface area contributed by atoms with Gasteiger partial charge in [-0.3, -0.25) is 0 Å². The van der Waals surface area contributed by atoms with Crippen LogP contribution in [-0.2, 0) is 19.4 Å². The molecule has 0 aromatic carbocycles. The van der Waals surface area contributed by atoms with Crippen molar-refractivity contribution in [3.8, 4) is 0 Å². The summed E-state index contributed by atoms with van der Waals surface area (Å²) in [6.45, 7) is 2.80. The van der Waals surface area contributed by atoms with Crippen LogP contribution in [0.15, 0.2) is 6.07 Å². The molecule has 0 bridgehead atoms. The molecule has 0 unspecified atom stereocenters. The van der Waals surface area contributed by atoms with Crippen LogP contribution in [0.4, 0.5) is 5.13 Å². The molecule has 1 N–H and O–H groups in total. The molecule has 3 nitrogen and oxygen atoms in total.